The van der Waals surface area contributed by atoms with E-state index in [2.05, 4.69) is 0 Å². The fourth-order valence-electron chi connectivity index (χ4n) is 1.99. The lowest BCUT2D eigenvalue weighted by molar-refractivity contribution is -0.144. The Hall–Kier alpha value is -1.46. The molecule has 0 bridgehead atoms. The van der Waals surface area contributed by atoms with Gasteiger partial charge < -0.3 is 19.9 Å². The maximum absolute atomic E-state index is 11.5. The summed E-state index contributed by atoms with van der Waals surface area (Å²) < 4.78 is 16.0. The molecule has 2 rings (SSSR count). The summed E-state index contributed by atoms with van der Waals surface area (Å²) in [5.41, 5.74) is 6.62. The number of hydrogen-bond acceptors (Lipinski definition) is 5. The third-order valence-corrected chi connectivity index (χ3v) is 3.19. The largest absolute Gasteiger partial charge is 0.489 e. The van der Waals surface area contributed by atoms with Crippen molar-refractivity contribution in [2.24, 2.45) is 5.73 Å². The molecule has 20 heavy (non-hydrogen) atoms. The first kappa shape index (κ1) is 14.9. The van der Waals surface area contributed by atoms with Gasteiger partial charge in [0.05, 0.1) is 24.8 Å². The smallest absolute Gasteiger partial charge is 0.323 e. The highest BCUT2D eigenvalue weighted by atomic mass is 35.5. The van der Waals surface area contributed by atoms with E-state index in [0.717, 1.165) is 12.0 Å². The quantitative estimate of drug-likeness (QED) is 0.860. The molecule has 1 atom stereocenters. The first-order valence-electron chi connectivity index (χ1n) is 6.62. The predicted molar refractivity (Wildman–Crippen MR) is 75.4 cm³/mol. The summed E-state index contributed by atoms with van der Waals surface area (Å²) in [5.74, 6) is 0.731. The van der Waals surface area contributed by atoms with E-state index in [9.17, 15) is 4.79 Å². The maximum Gasteiger partial charge on any atom is 0.323 e. The first-order valence-corrected chi connectivity index (χ1v) is 7.00. The number of nitrogens with two attached hydrogens (primary N) is 1. The van der Waals surface area contributed by atoms with Gasteiger partial charge in [-0.05, 0) is 31.0 Å². The number of esters is 1. The van der Waals surface area contributed by atoms with E-state index >= 15 is 0 Å². The Labute approximate surface area is 122 Å². The summed E-state index contributed by atoms with van der Waals surface area (Å²) in [7, 11) is 0. The Morgan fingerprint density at radius 3 is 2.95 bits per heavy atom. The van der Waals surface area contributed by atoms with Gasteiger partial charge in [0.1, 0.15) is 6.04 Å². The van der Waals surface area contributed by atoms with Gasteiger partial charge in [0.15, 0.2) is 11.5 Å². The topological polar surface area (TPSA) is 70.8 Å². The SMILES string of the molecule is CCOC(=O)C(N)Cc1cc(Cl)c2c(c1)OCCCO2. The summed E-state index contributed by atoms with van der Waals surface area (Å²) in [6, 6.07) is 2.84. The molecule has 6 heteroatoms. The molecular weight excluding hydrogens is 282 g/mol. The van der Waals surface area contributed by atoms with Crippen molar-refractivity contribution >= 4 is 17.6 Å². The number of rotatable bonds is 4. The predicted octanol–water partition coefficient (Wildman–Crippen LogP) is 1.93. The number of benzene rings is 1. The van der Waals surface area contributed by atoms with Crippen molar-refractivity contribution in [1.82, 2.24) is 0 Å². The Morgan fingerprint density at radius 1 is 1.45 bits per heavy atom. The zero-order chi connectivity index (χ0) is 14.5. The van der Waals surface area contributed by atoms with Crippen LogP contribution in [0.2, 0.25) is 5.02 Å². The molecule has 1 heterocycles. The molecule has 0 amide bonds. The van der Waals surface area contributed by atoms with Crippen LogP contribution in [0.15, 0.2) is 12.1 Å². The van der Waals surface area contributed by atoms with Crippen LogP contribution in [0.3, 0.4) is 0 Å². The van der Waals surface area contributed by atoms with Gasteiger partial charge in [-0.1, -0.05) is 11.6 Å². The van der Waals surface area contributed by atoms with Crippen LogP contribution in [0.4, 0.5) is 0 Å². The Kier molecular flexibility index (Phi) is 5.09. The second-order valence-corrected chi connectivity index (χ2v) is 4.93. The number of fused-ring (bicyclic) bond motifs is 1. The third-order valence-electron chi connectivity index (χ3n) is 2.91. The third kappa shape index (κ3) is 3.55. The van der Waals surface area contributed by atoms with Gasteiger partial charge in [0.25, 0.3) is 0 Å². The molecular formula is C14H18ClNO4. The van der Waals surface area contributed by atoms with Crippen LogP contribution in [-0.2, 0) is 16.0 Å². The molecule has 2 N–H and O–H groups in total. The molecule has 0 spiro atoms. The molecule has 0 aliphatic carbocycles. The van der Waals surface area contributed by atoms with Crippen LogP contribution in [-0.4, -0.2) is 31.8 Å². The van der Waals surface area contributed by atoms with Gasteiger partial charge in [0.2, 0.25) is 0 Å². The lowest BCUT2D eigenvalue weighted by atomic mass is 10.1. The number of ether oxygens (including phenoxy) is 3. The highest BCUT2D eigenvalue weighted by Gasteiger charge is 2.19. The van der Waals surface area contributed by atoms with Crippen LogP contribution < -0.4 is 15.2 Å². The monoisotopic (exact) mass is 299 g/mol. The fraction of sp³-hybridized carbons (Fsp3) is 0.500. The van der Waals surface area contributed by atoms with Crippen molar-refractivity contribution in [1.29, 1.82) is 0 Å². The second kappa shape index (κ2) is 6.81. The van der Waals surface area contributed by atoms with E-state index in [4.69, 9.17) is 31.5 Å². The lowest BCUT2D eigenvalue weighted by Gasteiger charge is -2.14. The fourth-order valence-corrected chi connectivity index (χ4v) is 2.28. The summed E-state index contributed by atoms with van der Waals surface area (Å²) in [6.45, 7) is 3.22. The molecule has 5 nitrogen and oxygen atoms in total. The molecule has 1 aliphatic heterocycles. The number of halogens is 1. The number of carbonyl (C=O) groups is 1. The van der Waals surface area contributed by atoms with Crippen molar-refractivity contribution in [3.63, 3.8) is 0 Å². The summed E-state index contributed by atoms with van der Waals surface area (Å²) in [4.78, 5) is 11.5. The molecule has 0 saturated heterocycles. The van der Waals surface area contributed by atoms with Crippen LogP contribution in [0.1, 0.15) is 18.9 Å². The molecule has 0 saturated carbocycles. The second-order valence-electron chi connectivity index (χ2n) is 4.52. The molecule has 1 aromatic rings. The highest BCUT2D eigenvalue weighted by molar-refractivity contribution is 6.32. The zero-order valence-electron chi connectivity index (χ0n) is 11.4. The minimum Gasteiger partial charge on any atom is -0.489 e. The van der Waals surface area contributed by atoms with Gasteiger partial charge >= 0.3 is 5.97 Å². The van der Waals surface area contributed by atoms with Gasteiger partial charge in [-0.25, -0.2) is 0 Å². The number of hydrogen-bond donors (Lipinski definition) is 1. The van der Waals surface area contributed by atoms with Crippen LogP contribution >= 0.6 is 11.6 Å². The molecule has 0 fully saturated rings. The summed E-state index contributed by atoms with van der Waals surface area (Å²) >= 11 is 6.18. The van der Waals surface area contributed by atoms with Gasteiger partial charge in [0, 0.05) is 6.42 Å². The van der Waals surface area contributed by atoms with E-state index in [-0.39, 0.29) is 0 Å². The van der Waals surface area contributed by atoms with Crippen molar-refractivity contribution in [3.8, 4) is 11.5 Å². The van der Waals surface area contributed by atoms with Crippen LogP contribution in [0.25, 0.3) is 0 Å². The molecule has 0 radical (unpaired) electrons. The minimum atomic E-state index is -0.712. The van der Waals surface area contributed by atoms with E-state index in [1.165, 1.54) is 0 Å². The lowest BCUT2D eigenvalue weighted by Crippen LogP contribution is -2.34. The van der Waals surface area contributed by atoms with Crippen molar-refractivity contribution in [2.75, 3.05) is 19.8 Å². The summed E-state index contributed by atoms with van der Waals surface area (Å²) in [5, 5.41) is 0.468. The van der Waals surface area contributed by atoms with E-state index in [1.807, 2.05) is 6.07 Å². The van der Waals surface area contributed by atoms with Crippen molar-refractivity contribution in [2.45, 2.75) is 25.8 Å². The Balaban J connectivity index is 2.15. The maximum atomic E-state index is 11.5. The highest BCUT2D eigenvalue weighted by Crippen LogP contribution is 2.38. The standard InChI is InChI=1S/C14H18ClNO4/c1-2-18-14(17)11(16)7-9-6-10(15)13-12(8-9)19-4-3-5-20-13/h6,8,11H,2-5,7,16H2,1H3. The molecule has 1 unspecified atom stereocenters. The van der Waals surface area contributed by atoms with E-state index in [1.54, 1.807) is 13.0 Å². The molecule has 110 valence electrons. The van der Waals surface area contributed by atoms with E-state index in [0.29, 0.717) is 42.8 Å². The first-order chi connectivity index (χ1) is 9.61. The van der Waals surface area contributed by atoms with Crippen LogP contribution in [0, 0.1) is 0 Å². The zero-order valence-corrected chi connectivity index (χ0v) is 12.1. The Bertz CT molecular complexity index is 492. The average molecular weight is 300 g/mol. The normalized spacial score (nSPS) is 15.3. The van der Waals surface area contributed by atoms with E-state index < -0.39 is 12.0 Å². The van der Waals surface area contributed by atoms with Crippen molar-refractivity contribution in [3.05, 3.63) is 22.7 Å². The molecule has 1 aliphatic rings. The van der Waals surface area contributed by atoms with Gasteiger partial charge in [-0.15, -0.1) is 0 Å². The van der Waals surface area contributed by atoms with Crippen molar-refractivity contribution < 1.29 is 19.0 Å². The van der Waals surface area contributed by atoms with Crippen LogP contribution in [0.5, 0.6) is 11.5 Å². The number of carbonyl (C=O) groups excluding carboxylic acids is 1. The summed E-state index contributed by atoms with van der Waals surface area (Å²) in [6.07, 6.45) is 1.15. The molecule has 1 aromatic carbocycles. The van der Waals surface area contributed by atoms with Gasteiger partial charge in [-0.3, -0.25) is 4.79 Å². The Morgan fingerprint density at radius 2 is 2.20 bits per heavy atom. The average Bonchev–Trinajstić information content (AvgIpc) is 2.64. The minimum absolute atomic E-state index is 0.314. The van der Waals surface area contributed by atoms with Gasteiger partial charge in [-0.2, -0.15) is 0 Å². The molecule has 0 aromatic heterocycles.